The lowest BCUT2D eigenvalue weighted by Gasteiger charge is -2.20. The number of hydrogen-bond donors (Lipinski definition) is 1. The Morgan fingerprint density at radius 3 is 2.21 bits per heavy atom. The van der Waals surface area contributed by atoms with Crippen LogP contribution in [0, 0.1) is 5.82 Å². The highest BCUT2D eigenvalue weighted by Crippen LogP contribution is 2.27. The van der Waals surface area contributed by atoms with E-state index in [2.05, 4.69) is 6.92 Å². The van der Waals surface area contributed by atoms with Gasteiger partial charge in [-0.1, -0.05) is 25.1 Å². The fourth-order valence-corrected chi connectivity index (χ4v) is 2.02. The van der Waals surface area contributed by atoms with Crippen LogP contribution in [0.5, 0.6) is 0 Å². The van der Waals surface area contributed by atoms with Gasteiger partial charge >= 0.3 is 0 Å². The molecule has 0 aliphatic carbocycles. The molecule has 0 amide bonds. The molecule has 1 N–H and O–H groups in total. The molecular weight excluding hydrogens is 241 g/mol. The van der Waals surface area contributed by atoms with Gasteiger partial charge in [0, 0.05) is 12.7 Å². The summed E-state index contributed by atoms with van der Waals surface area (Å²) in [4.78, 5) is 1.80. The molecule has 19 heavy (non-hydrogen) atoms. The van der Waals surface area contributed by atoms with E-state index in [4.69, 9.17) is 5.11 Å². The second-order valence-corrected chi connectivity index (χ2v) is 4.52. The topological polar surface area (TPSA) is 23.5 Å². The highest BCUT2D eigenvalue weighted by atomic mass is 19.1. The SMILES string of the molecule is CCc1ccc(N(C)c2ccc(CO)cc2F)cc1. The average Bonchev–Trinajstić information content (AvgIpc) is 2.46. The van der Waals surface area contributed by atoms with Crippen LogP contribution in [-0.2, 0) is 13.0 Å². The van der Waals surface area contributed by atoms with Crippen LogP contribution in [0.2, 0.25) is 0 Å². The minimum absolute atomic E-state index is 0.147. The van der Waals surface area contributed by atoms with Gasteiger partial charge in [-0.05, 0) is 41.8 Å². The third kappa shape index (κ3) is 2.93. The van der Waals surface area contributed by atoms with Crippen LogP contribution >= 0.6 is 0 Å². The Labute approximate surface area is 113 Å². The summed E-state index contributed by atoms with van der Waals surface area (Å²) in [6.45, 7) is 1.96. The highest BCUT2D eigenvalue weighted by molar-refractivity contribution is 5.63. The van der Waals surface area contributed by atoms with Crippen LogP contribution in [-0.4, -0.2) is 12.2 Å². The molecule has 0 unspecified atom stereocenters. The molecule has 0 radical (unpaired) electrons. The maximum Gasteiger partial charge on any atom is 0.147 e. The third-order valence-electron chi connectivity index (χ3n) is 3.29. The van der Waals surface area contributed by atoms with Crippen LogP contribution in [0.4, 0.5) is 15.8 Å². The van der Waals surface area contributed by atoms with Crippen molar-refractivity contribution in [3.63, 3.8) is 0 Å². The standard InChI is InChI=1S/C16H18FNO/c1-3-12-4-7-14(8-5-12)18(2)16-9-6-13(11-19)10-15(16)17/h4-10,19H,3,11H2,1-2H3. The van der Waals surface area contributed by atoms with E-state index in [1.165, 1.54) is 11.6 Å². The number of anilines is 2. The Kier molecular flexibility index (Phi) is 4.17. The molecule has 2 aromatic rings. The van der Waals surface area contributed by atoms with Crippen molar-refractivity contribution in [2.75, 3.05) is 11.9 Å². The molecule has 0 aromatic heterocycles. The Morgan fingerprint density at radius 1 is 1.05 bits per heavy atom. The second kappa shape index (κ2) is 5.85. The van der Waals surface area contributed by atoms with Crippen LogP contribution in [0.15, 0.2) is 42.5 Å². The maximum atomic E-state index is 14.0. The molecule has 0 aliphatic rings. The molecule has 100 valence electrons. The summed E-state index contributed by atoms with van der Waals surface area (Å²) in [6.07, 6.45) is 0.990. The predicted molar refractivity (Wildman–Crippen MR) is 76.2 cm³/mol. The molecule has 0 fully saturated rings. The minimum atomic E-state index is -0.325. The summed E-state index contributed by atoms with van der Waals surface area (Å²) >= 11 is 0. The maximum absolute atomic E-state index is 14.0. The first-order valence-corrected chi connectivity index (χ1v) is 6.37. The zero-order chi connectivity index (χ0) is 13.8. The van der Waals surface area contributed by atoms with E-state index in [-0.39, 0.29) is 12.4 Å². The van der Waals surface area contributed by atoms with Gasteiger partial charge in [0.1, 0.15) is 5.82 Å². The fourth-order valence-electron chi connectivity index (χ4n) is 2.02. The van der Waals surface area contributed by atoms with E-state index in [1.807, 2.05) is 31.3 Å². The van der Waals surface area contributed by atoms with E-state index in [9.17, 15) is 4.39 Å². The first kappa shape index (κ1) is 13.6. The van der Waals surface area contributed by atoms with Gasteiger partial charge in [0.15, 0.2) is 0 Å². The molecule has 2 rings (SSSR count). The lowest BCUT2D eigenvalue weighted by molar-refractivity contribution is 0.281. The van der Waals surface area contributed by atoms with E-state index < -0.39 is 0 Å². The van der Waals surface area contributed by atoms with Crippen LogP contribution in [0.1, 0.15) is 18.1 Å². The first-order valence-electron chi connectivity index (χ1n) is 6.37. The summed E-state index contributed by atoms with van der Waals surface area (Å²) in [5, 5.41) is 8.99. The van der Waals surface area contributed by atoms with Gasteiger partial charge in [-0.15, -0.1) is 0 Å². The van der Waals surface area contributed by atoms with Crippen LogP contribution < -0.4 is 4.90 Å². The van der Waals surface area contributed by atoms with Gasteiger partial charge < -0.3 is 10.0 Å². The first-order chi connectivity index (χ1) is 9.15. The summed E-state index contributed by atoms with van der Waals surface area (Å²) in [6, 6.07) is 12.9. The molecule has 0 spiro atoms. The van der Waals surface area contributed by atoms with Crippen molar-refractivity contribution in [3.8, 4) is 0 Å². The number of halogens is 1. The van der Waals surface area contributed by atoms with Crippen molar-refractivity contribution in [1.29, 1.82) is 0 Å². The lowest BCUT2D eigenvalue weighted by atomic mass is 10.1. The average molecular weight is 259 g/mol. The minimum Gasteiger partial charge on any atom is -0.392 e. The third-order valence-corrected chi connectivity index (χ3v) is 3.29. The molecule has 0 saturated carbocycles. The highest BCUT2D eigenvalue weighted by Gasteiger charge is 2.10. The Bertz CT molecular complexity index is 551. The summed E-state index contributed by atoms with van der Waals surface area (Å²) < 4.78 is 14.0. The molecule has 0 bridgehead atoms. The summed E-state index contributed by atoms with van der Waals surface area (Å²) in [5.41, 5.74) is 3.28. The van der Waals surface area contributed by atoms with Gasteiger partial charge in [-0.25, -0.2) is 4.39 Å². The van der Waals surface area contributed by atoms with Crippen molar-refractivity contribution in [2.24, 2.45) is 0 Å². The predicted octanol–water partition coefficient (Wildman–Crippen LogP) is 3.65. The lowest BCUT2D eigenvalue weighted by Crippen LogP contribution is -2.11. The van der Waals surface area contributed by atoms with Gasteiger partial charge in [0.2, 0.25) is 0 Å². The van der Waals surface area contributed by atoms with E-state index in [1.54, 1.807) is 17.0 Å². The van der Waals surface area contributed by atoms with Gasteiger partial charge in [-0.3, -0.25) is 0 Å². The number of nitrogens with zero attached hydrogens (tertiary/aromatic N) is 1. The number of aliphatic hydroxyl groups is 1. The second-order valence-electron chi connectivity index (χ2n) is 4.52. The van der Waals surface area contributed by atoms with Crippen LogP contribution in [0.3, 0.4) is 0 Å². The molecule has 3 heteroatoms. The van der Waals surface area contributed by atoms with Crippen molar-refractivity contribution in [3.05, 3.63) is 59.4 Å². The van der Waals surface area contributed by atoms with E-state index in [0.717, 1.165) is 12.1 Å². The zero-order valence-electron chi connectivity index (χ0n) is 11.2. The monoisotopic (exact) mass is 259 g/mol. The summed E-state index contributed by atoms with van der Waals surface area (Å²) in [5.74, 6) is -0.325. The van der Waals surface area contributed by atoms with E-state index >= 15 is 0 Å². The smallest absolute Gasteiger partial charge is 0.147 e. The quantitative estimate of drug-likeness (QED) is 0.906. The Hall–Kier alpha value is -1.87. The Balaban J connectivity index is 2.29. The van der Waals surface area contributed by atoms with Crippen LogP contribution in [0.25, 0.3) is 0 Å². The molecule has 0 aliphatic heterocycles. The number of aliphatic hydroxyl groups excluding tert-OH is 1. The van der Waals surface area contributed by atoms with E-state index in [0.29, 0.717) is 11.3 Å². The van der Waals surface area contributed by atoms with Crippen molar-refractivity contribution in [1.82, 2.24) is 0 Å². The van der Waals surface area contributed by atoms with Gasteiger partial charge in [0.25, 0.3) is 0 Å². The number of rotatable bonds is 4. The van der Waals surface area contributed by atoms with Gasteiger partial charge in [0.05, 0.1) is 12.3 Å². The molecule has 0 saturated heterocycles. The van der Waals surface area contributed by atoms with Crippen molar-refractivity contribution < 1.29 is 9.50 Å². The van der Waals surface area contributed by atoms with Gasteiger partial charge in [-0.2, -0.15) is 0 Å². The van der Waals surface area contributed by atoms with Crippen molar-refractivity contribution >= 4 is 11.4 Å². The summed E-state index contributed by atoms with van der Waals surface area (Å²) in [7, 11) is 1.83. The molecule has 2 aromatic carbocycles. The zero-order valence-corrected chi connectivity index (χ0v) is 11.2. The van der Waals surface area contributed by atoms with Crippen molar-refractivity contribution in [2.45, 2.75) is 20.0 Å². The largest absolute Gasteiger partial charge is 0.392 e. The number of benzene rings is 2. The number of hydrogen-bond acceptors (Lipinski definition) is 2. The molecule has 2 nitrogen and oxygen atoms in total. The normalized spacial score (nSPS) is 10.5. The number of aryl methyl sites for hydroxylation is 1. The fraction of sp³-hybridized carbons (Fsp3) is 0.250. The Morgan fingerprint density at radius 2 is 1.68 bits per heavy atom. The molecule has 0 heterocycles. The molecule has 0 atom stereocenters. The molecular formula is C16H18FNO.